The summed E-state index contributed by atoms with van der Waals surface area (Å²) in [6.07, 6.45) is 0.648. The van der Waals surface area contributed by atoms with E-state index in [1.165, 1.54) is 0 Å². The van der Waals surface area contributed by atoms with Gasteiger partial charge >= 0.3 is 0 Å². The maximum absolute atomic E-state index is 13.3. The molecule has 0 aliphatic carbocycles. The number of ether oxygens (including phenoxy) is 1. The topological polar surface area (TPSA) is 87.7 Å². The molecule has 1 aliphatic heterocycles. The second-order valence-electron chi connectivity index (χ2n) is 9.27. The SMILES string of the molecule is CC(C(=O)NCCCOC(C)(C)C)C(=O)NC1C(=O)N(C)c2ccccc2-c2ccccc21. The number of nitrogens with one attached hydrogen (secondary N) is 2. The van der Waals surface area contributed by atoms with Gasteiger partial charge in [-0.15, -0.1) is 0 Å². The fourth-order valence-electron chi connectivity index (χ4n) is 3.77. The number of benzene rings is 2. The zero-order valence-electron chi connectivity index (χ0n) is 20.0. The van der Waals surface area contributed by atoms with E-state index in [1.807, 2.05) is 69.3 Å². The van der Waals surface area contributed by atoms with Crippen molar-refractivity contribution in [2.24, 2.45) is 5.92 Å². The molecule has 2 N–H and O–H groups in total. The van der Waals surface area contributed by atoms with Crippen LogP contribution >= 0.6 is 0 Å². The van der Waals surface area contributed by atoms with Crippen LogP contribution in [0.5, 0.6) is 0 Å². The summed E-state index contributed by atoms with van der Waals surface area (Å²) in [7, 11) is 1.70. The van der Waals surface area contributed by atoms with Crippen LogP contribution in [0, 0.1) is 5.92 Å². The van der Waals surface area contributed by atoms with E-state index >= 15 is 0 Å². The molecule has 1 aliphatic rings. The maximum atomic E-state index is 13.3. The molecule has 2 aromatic rings. The predicted molar refractivity (Wildman–Crippen MR) is 129 cm³/mol. The first-order chi connectivity index (χ1) is 15.6. The number of likely N-dealkylation sites (N-methyl/N-ethyl adjacent to an activating group) is 1. The Balaban J connectivity index is 1.70. The Morgan fingerprint density at radius 1 is 1.03 bits per heavy atom. The van der Waals surface area contributed by atoms with Crippen molar-refractivity contribution in [1.82, 2.24) is 10.6 Å². The summed E-state index contributed by atoms with van der Waals surface area (Å²) in [4.78, 5) is 40.3. The normalized spacial score (nSPS) is 16.3. The molecular weight excluding hydrogens is 418 g/mol. The quantitative estimate of drug-likeness (QED) is 0.499. The van der Waals surface area contributed by atoms with E-state index in [9.17, 15) is 14.4 Å². The molecule has 0 bridgehead atoms. The van der Waals surface area contributed by atoms with Crippen LogP contribution in [0.1, 0.15) is 45.7 Å². The summed E-state index contributed by atoms with van der Waals surface area (Å²) >= 11 is 0. The van der Waals surface area contributed by atoms with E-state index in [0.29, 0.717) is 25.1 Å². The van der Waals surface area contributed by atoms with Crippen molar-refractivity contribution in [3.8, 4) is 11.1 Å². The molecular formula is C26H33N3O4. The van der Waals surface area contributed by atoms with Gasteiger partial charge in [0.2, 0.25) is 11.8 Å². The summed E-state index contributed by atoms with van der Waals surface area (Å²) in [6.45, 7) is 8.39. The summed E-state index contributed by atoms with van der Waals surface area (Å²) in [5.74, 6) is -2.07. The lowest BCUT2D eigenvalue weighted by molar-refractivity contribution is -0.136. The van der Waals surface area contributed by atoms with E-state index < -0.39 is 17.9 Å². The van der Waals surface area contributed by atoms with Gasteiger partial charge < -0.3 is 20.3 Å². The van der Waals surface area contributed by atoms with Crippen molar-refractivity contribution < 1.29 is 19.1 Å². The first-order valence-corrected chi connectivity index (χ1v) is 11.3. The Morgan fingerprint density at radius 2 is 1.67 bits per heavy atom. The molecule has 3 amide bonds. The van der Waals surface area contributed by atoms with Crippen molar-refractivity contribution in [2.45, 2.75) is 45.8 Å². The van der Waals surface area contributed by atoms with Crippen LogP contribution < -0.4 is 15.5 Å². The Morgan fingerprint density at radius 3 is 2.36 bits per heavy atom. The van der Waals surface area contributed by atoms with Gasteiger partial charge in [-0.25, -0.2) is 0 Å². The largest absolute Gasteiger partial charge is 0.376 e. The number of hydrogen-bond donors (Lipinski definition) is 2. The monoisotopic (exact) mass is 451 g/mol. The molecule has 176 valence electrons. The Labute approximate surface area is 195 Å². The van der Waals surface area contributed by atoms with Gasteiger partial charge in [-0.2, -0.15) is 0 Å². The molecule has 0 aromatic heterocycles. The minimum absolute atomic E-state index is 0.231. The highest BCUT2D eigenvalue weighted by Gasteiger charge is 2.34. The number of para-hydroxylation sites is 1. The third-order valence-corrected chi connectivity index (χ3v) is 5.63. The van der Waals surface area contributed by atoms with Gasteiger partial charge in [0.1, 0.15) is 12.0 Å². The molecule has 0 radical (unpaired) electrons. The van der Waals surface area contributed by atoms with E-state index in [1.54, 1.807) is 18.9 Å². The fourth-order valence-corrected chi connectivity index (χ4v) is 3.77. The number of nitrogens with zero attached hydrogens (tertiary/aromatic N) is 1. The first kappa shape index (κ1) is 24.5. The average molecular weight is 452 g/mol. The lowest BCUT2D eigenvalue weighted by Crippen LogP contribution is -2.46. The number of hydrogen-bond acceptors (Lipinski definition) is 4. The molecule has 0 spiro atoms. The molecule has 33 heavy (non-hydrogen) atoms. The van der Waals surface area contributed by atoms with E-state index in [4.69, 9.17) is 4.74 Å². The zero-order chi connectivity index (χ0) is 24.2. The van der Waals surface area contributed by atoms with Crippen LogP contribution in [0.3, 0.4) is 0 Å². The van der Waals surface area contributed by atoms with Crippen LogP contribution in [-0.2, 0) is 19.1 Å². The molecule has 0 saturated carbocycles. The Kier molecular flexibility index (Phi) is 7.53. The van der Waals surface area contributed by atoms with E-state index in [2.05, 4.69) is 10.6 Å². The molecule has 2 aromatic carbocycles. The van der Waals surface area contributed by atoms with Crippen molar-refractivity contribution >= 4 is 23.4 Å². The highest BCUT2D eigenvalue weighted by molar-refractivity contribution is 6.07. The summed E-state index contributed by atoms with van der Waals surface area (Å²) < 4.78 is 5.64. The molecule has 1 heterocycles. The minimum atomic E-state index is -0.940. The summed E-state index contributed by atoms with van der Waals surface area (Å²) in [5.41, 5.74) is 3.05. The molecule has 3 rings (SSSR count). The molecule has 0 fully saturated rings. The average Bonchev–Trinajstić information content (AvgIpc) is 2.87. The van der Waals surface area contributed by atoms with Gasteiger partial charge in [-0.3, -0.25) is 14.4 Å². The van der Waals surface area contributed by atoms with Gasteiger partial charge in [0.05, 0.1) is 11.3 Å². The lowest BCUT2D eigenvalue weighted by atomic mass is 9.95. The van der Waals surface area contributed by atoms with Crippen molar-refractivity contribution in [1.29, 1.82) is 0 Å². The molecule has 2 unspecified atom stereocenters. The lowest BCUT2D eigenvalue weighted by Gasteiger charge is -2.24. The highest BCUT2D eigenvalue weighted by Crippen LogP contribution is 2.39. The number of amides is 3. The number of fused-ring (bicyclic) bond motifs is 3. The van der Waals surface area contributed by atoms with Gasteiger partial charge in [0.25, 0.3) is 5.91 Å². The standard InChI is InChI=1S/C26H33N3O4/c1-17(23(30)27-15-10-16-33-26(2,3)4)24(31)28-22-20-13-7-6-11-18(20)19-12-8-9-14-21(19)29(5)25(22)32/h6-9,11-14,17,22H,10,15-16H2,1-5H3,(H,27,30)(H,28,31). The number of anilines is 1. The second-order valence-corrected chi connectivity index (χ2v) is 9.27. The smallest absolute Gasteiger partial charge is 0.253 e. The highest BCUT2D eigenvalue weighted by atomic mass is 16.5. The Hall–Kier alpha value is -3.19. The second kappa shape index (κ2) is 10.2. The Bertz CT molecular complexity index is 1030. The number of carbonyl (C=O) groups excluding carboxylic acids is 3. The van der Waals surface area contributed by atoms with Gasteiger partial charge in [0, 0.05) is 25.8 Å². The first-order valence-electron chi connectivity index (χ1n) is 11.3. The van der Waals surface area contributed by atoms with Gasteiger partial charge in [-0.1, -0.05) is 42.5 Å². The van der Waals surface area contributed by atoms with Crippen LogP contribution in [0.2, 0.25) is 0 Å². The summed E-state index contributed by atoms with van der Waals surface area (Å²) in [5, 5.41) is 5.59. The van der Waals surface area contributed by atoms with Gasteiger partial charge in [0.15, 0.2) is 0 Å². The van der Waals surface area contributed by atoms with Crippen molar-refractivity contribution in [2.75, 3.05) is 25.1 Å². The van der Waals surface area contributed by atoms with Crippen LogP contribution in [0.4, 0.5) is 5.69 Å². The molecule has 7 heteroatoms. The number of carbonyl (C=O) groups is 3. The number of rotatable bonds is 7. The van der Waals surface area contributed by atoms with Crippen molar-refractivity contribution in [3.05, 3.63) is 54.1 Å². The third kappa shape index (κ3) is 5.79. The zero-order valence-corrected chi connectivity index (χ0v) is 20.0. The van der Waals surface area contributed by atoms with E-state index in [0.717, 1.165) is 16.8 Å². The predicted octanol–water partition coefficient (Wildman–Crippen LogP) is 3.44. The van der Waals surface area contributed by atoms with Crippen LogP contribution in [0.15, 0.2) is 48.5 Å². The molecule has 0 saturated heterocycles. The summed E-state index contributed by atoms with van der Waals surface area (Å²) in [6, 6.07) is 14.3. The molecule has 2 atom stereocenters. The van der Waals surface area contributed by atoms with Crippen molar-refractivity contribution in [3.63, 3.8) is 0 Å². The fraction of sp³-hybridized carbons (Fsp3) is 0.423. The van der Waals surface area contributed by atoms with Crippen LogP contribution in [0.25, 0.3) is 11.1 Å². The maximum Gasteiger partial charge on any atom is 0.253 e. The van der Waals surface area contributed by atoms with Gasteiger partial charge in [-0.05, 0) is 51.3 Å². The third-order valence-electron chi connectivity index (χ3n) is 5.63. The van der Waals surface area contributed by atoms with E-state index in [-0.39, 0.29) is 17.4 Å². The molecule has 7 nitrogen and oxygen atoms in total. The minimum Gasteiger partial charge on any atom is -0.376 e. The van der Waals surface area contributed by atoms with Crippen LogP contribution in [-0.4, -0.2) is 43.5 Å².